The van der Waals surface area contributed by atoms with Crippen molar-refractivity contribution in [2.45, 2.75) is 46.6 Å². The van der Waals surface area contributed by atoms with Gasteiger partial charge < -0.3 is 29.5 Å². The topological polar surface area (TPSA) is 97.3 Å². The molecular formula is C32H38Cl2N2O6. The molecule has 1 atom stereocenters. The van der Waals surface area contributed by atoms with Crippen molar-refractivity contribution < 1.29 is 28.9 Å². The largest absolute Gasteiger partial charge is 0.493 e. The molecule has 0 spiro atoms. The Morgan fingerprint density at radius 3 is 2.10 bits per heavy atom. The molecule has 2 N–H and O–H groups in total. The SMILES string of the molecule is CCOC(Cc1ccc(OCCN(CCCOc2cc(Cl)cc(Cl)c2)C(=O)Nc2c(C)cc(C)cc2C)cc1)C(=O)O. The number of nitrogens with one attached hydrogen (secondary N) is 1. The van der Waals surface area contributed by atoms with Crippen LogP contribution in [0.15, 0.2) is 54.6 Å². The number of amides is 2. The fourth-order valence-corrected chi connectivity index (χ4v) is 5.07. The van der Waals surface area contributed by atoms with Crippen molar-refractivity contribution in [3.8, 4) is 11.5 Å². The summed E-state index contributed by atoms with van der Waals surface area (Å²) < 4.78 is 17.0. The number of carboxylic acid groups (broad SMARTS) is 1. The first-order valence-corrected chi connectivity index (χ1v) is 14.6. The summed E-state index contributed by atoms with van der Waals surface area (Å²) in [6.07, 6.45) is -0.0593. The summed E-state index contributed by atoms with van der Waals surface area (Å²) in [5.41, 5.74) is 4.74. The lowest BCUT2D eigenvalue weighted by Gasteiger charge is -2.24. The lowest BCUT2D eigenvalue weighted by atomic mass is 10.1. The van der Waals surface area contributed by atoms with Gasteiger partial charge in [0.15, 0.2) is 6.10 Å². The maximum atomic E-state index is 13.4. The number of carboxylic acids is 1. The van der Waals surface area contributed by atoms with Crippen LogP contribution < -0.4 is 14.8 Å². The Morgan fingerprint density at radius 1 is 0.881 bits per heavy atom. The molecule has 0 aromatic heterocycles. The van der Waals surface area contributed by atoms with Crippen LogP contribution in [-0.4, -0.2) is 61.0 Å². The number of hydrogen-bond donors (Lipinski definition) is 2. The highest BCUT2D eigenvalue weighted by atomic mass is 35.5. The van der Waals surface area contributed by atoms with Crippen LogP contribution in [0.2, 0.25) is 10.0 Å². The van der Waals surface area contributed by atoms with Gasteiger partial charge in [0, 0.05) is 35.3 Å². The van der Waals surface area contributed by atoms with E-state index in [1.54, 1.807) is 42.2 Å². The number of aliphatic carboxylic acids is 1. The average molecular weight is 618 g/mol. The molecule has 1 unspecified atom stereocenters. The number of anilines is 1. The Hall–Kier alpha value is -3.46. The van der Waals surface area contributed by atoms with Crippen LogP contribution in [0, 0.1) is 20.8 Å². The number of ether oxygens (including phenoxy) is 3. The summed E-state index contributed by atoms with van der Waals surface area (Å²) in [5, 5.41) is 13.4. The zero-order chi connectivity index (χ0) is 30.6. The second-order valence-electron chi connectivity index (χ2n) is 9.98. The van der Waals surface area contributed by atoms with Crippen molar-refractivity contribution in [2.24, 2.45) is 0 Å². The summed E-state index contributed by atoms with van der Waals surface area (Å²) in [4.78, 5) is 26.4. The van der Waals surface area contributed by atoms with Gasteiger partial charge >= 0.3 is 12.0 Å². The van der Waals surface area contributed by atoms with E-state index >= 15 is 0 Å². The summed E-state index contributed by atoms with van der Waals surface area (Å²) in [5.74, 6) is 0.194. The first-order valence-electron chi connectivity index (χ1n) is 13.8. The molecule has 0 aliphatic rings. The van der Waals surface area contributed by atoms with Crippen LogP contribution in [-0.2, 0) is 16.0 Å². The molecule has 0 bridgehead atoms. The number of carbonyl (C=O) groups is 2. The highest BCUT2D eigenvalue weighted by Crippen LogP contribution is 2.25. The number of urea groups is 1. The second kappa shape index (κ2) is 16.2. The van der Waals surface area contributed by atoms with Gasteiger partial charge in [0.05, 0.1) is 13.2 Å². The predicted octanol–water partition coefficient (Wildman–Crippen LogP) is 7.33. The van der Waals surface area contributed by atoms with Crippen molar-refractivity contribution in [3.63, 3.8) is 0 Å². The lowest BCUT2D eigenvalue weighted by Crippen LogP contribution is -2.39. The fraction of sp³-hybridized carbons (Fsp3) is 0.375. The molecule has 0 fully saturated rings. The Bertz CT molecular complexity index is 1310. The predicted molar refractivity (Wildman–Crippen MR) is 167 cm³/mol. The molecule has 226 valence electrons. The minimum absolute atomic E-state index is 0.231. The molecule has 0 aliphatic heterocycles. The molecule has 42 heavy (non-hydrogen) atoms. The van der Waals surface area contributed by atoms with Crippen molar-refractivity contribution >= 4 is 40.9 Å². The quantitative estimate of drug-likeness (QED) is 0.173. The monoisotopic (exact) mass is 616 g/mol. The molecule has 8 nitrogen and oxygen atoms in total. The van der Waals surface area contributed by atoms with E-state index in [4.69, 9.17) is 37.4 Å². The van der Waals surface area contributed by atoms with E-state index in [9.17, 15) is 14.7 Å². The van der Waals surface area contributed by atoms with Crippen LogP contribution in [0.1, 0.15) is 35.6 Å². The molecule has 0 saturated heterocycles. The highest BCUT2D eigenvalue weighted by molar-refractivity contribution is 6.34. The van der Waals surface area contributed by atoms with Crippen LogP contribution in [0.25, 0.3) is 0 Å². The van der Waals surface area contributed by atoms with Gasteiger partial charge in [-0.2, -0.15) is 0 Å². The van der Waals surface area contributed by atoms with Gasteiger partial charge in [0.1, 0.15) is 18.1 Å². The van der Waals surface area contributed by atoms with Gasteiger partial charge in [-0.1, -0.05) is 53.0 Å². The Morgan fingerprint density at radius 2 is 1.50 bits per heavy atom. The zero-order valence-corrected chi connectivity index (χ0v) is 25.9. The molecule has 0 aliphatic carbocycles. The van der Waals surface area contributed by atoms with Crippen molar-refractivity contribution in [2.75, 3.05) is 38.2 Å². The minimum atomic E-state index is -0.992. The van der Waals surface area contributed by atoms with Crippen LogP contribution in [0.4, 0.5) is 10.5 Å². The second-order valence-corrected chi connectivity index (χ2v) is 10.8. The van der Waals surface area contributed by atoms with Crippen molar-refractivity contribution in [3.05, 3.63) is 86.9 Å². The van der Waals surface area contributed by atoms with Crippen LogP contribution in [0.3, 0.4) is 0 Å². The maximum absolute atomic E-state index is 13.4. The van der Waals surface area contributed by atoms with Crippen LogP contribution >= 0.6 is 23.2 Å². The molecule has 3 rings (SSSR count). The third-order valence-corrected chi connectivity index (χ3v) is 6.93. The molecule has 0 radical (unpaired) electrons. The van der Waals surface area contributed by atoms with Crippen LogP contribution in [0.5, 0.6) is 11.5 Å². The van der Waals surface area contributed by atoms with Crippen molar-refractivity contribution in [1.29, 1.82) is 0 Å². The Balaban J connectivity index is 1.61. The highest BCUT2D eigenvalue weighted by Gasteiger charge is 2.19. The molecule has 10 heteroatoms. The number of nitrogens with zero attached hydrogens (tertiary/aromatic N) is 1. The zero-order valence-electron chi connectivity index (χ0n) is 24.4. The fourth-order valence-electron chi connectivity index (χ4n) is 4.56. The summed E-state index contributed by atoms with van der Waals surface area (Å²) in [6.45, 7) is 9.47. The van der Waals surface area contributed by atoms with Gasteiger partial charge in [-0.15, -0.1) is 0 Å². The summed E-state index contributed by atoms with van der Waals surface area (Å²) in [6, 6.07) is 16.1. The van der Waals surface area contributed by atoms with E-state index < -0.39 is 12.1 Å². The van der Waals surface area contributed by atoms with Gasteiger partial charge in [-0.05, 0) is 81.1 Å². The molecule has 0 saturated carbocycles. The third-order valence-electron chi connectivity index (χ3n) is 6.49. The molecular weight excluding hydrogens is 579 g/mol. The average Bonchev–Trinajstić information content (AvgIpc) is 2.92. The Labute approximate surface area is 257 Å². The van der Waals surface area contributed by atoms with Crippen molar-refractivity contribution in [1.82, 2.24) is 4.90 Å². The van der Waals surface area contributed by atoms with E-state index in [1.165, 1.54) is 0 Å². The first kappa shape index (κ1) is 33.0. The smallest absolute Gasteiger partial charge is 0.333 e. The number of carbonyl (C=O) groups excluding carboxylic acids is 1. The number of aryl methyl sites for hydroxylation is 3. The van der Waals surface area contributed by atoms with E-state index in [0.717, 1.165) is 27.9 Å². The molecule has 2 amide bonds. The van der Waals surface area contributed by atoms with Gasteiger partial charge in [-0.25, -0.2) is 9.59 Å². The van der Waals surface area contributed by atoms with E-state index in [0.29, 0.717) is 54.3 Å². The first-order chi connectivity index (χ1) is 20.0. The lowest BCUT2D eigenvalue weighted by molar-refractivity contribution is -0.149. The minimum Gasteiger partial charge on any atom is -0.493 e. The summed E-state index contributed by atoms with van der Waals surface area (Å²) in [7, 11) is 0. The molecule has 3 aromatic rings. The molecule has 3 aromatic carbocycles. The van der Waals surface area contributed by atoms with Gasteiger partial charge in [0.25, 0.3) is 0 Å². The van der Waals surface area contributed by atoms with E-state index in [2.05, 4.69) is 5.32 Å². The number of rotatable bonds is 15. The maximum Gasteiger partial charge on any atom is 0.333 e. The van der Waals surface area contributed by atoms with Gasteiger partial charge in [-0.3, -0.25) is 0 Å². The third kappa shape index (κ3) is 10.4. The Kier molecular flexibility index (Phi) is 12.8. The normalized spacial score (nSPS) is 11.6. The van der Waals surface area contributed by atoms with E-state index in [1.807, 2.05) is 45.0 Å². The standard InChI is InChI=1S/C32H38Cl2N2O6/c1-5-40-29(31(37)38)17-24-7-9-27(10-8-24)42-14-12-36(11-6-13-41-28-19-25(33)18-26(34)20-28)32(39)35-30-22(3)15-21(2)16-23(30)4/h7-10,15-16,18-20,29H,5-6,11-14,17H2,1-4H3,(H,35,39)(H,37,38). The molecule has 0 heterocycles. The van der Waals surface area contributed by atoms with Gasteiger partial charge in [0.2, 0.25) is 0 Å². The summed E-state index contributed by atoms with van der Waals surface area (Å²) >= 11 is 12.1. The van der Waals surface area contributed by atoms with E-state index in [-0.39, 0.29) is 19.1 Å². The number of halogens is 2. The number of hydrogen-bond acceptors (Lipinski definition) is 5. The number of benzene rings is 3.